The molecule has 6 nitrogen and oxygen atoms in total. The molecule has 21 heavy (non-hydrogen) atoms. The smallest absolute Gasteiger partial charge is 0.282 e. The number of hydrogen-bond acceptors (Lipinski definition) is 3. The highest BCUT2D eigenvalue weighted by molar-refractivity contribution is 7.86. The standard InChI is InChI=1S/C14H18N4O2S/c1-16(2)21(19,20)18-10-9-17-8-4-6-13(17)14(18)12-5-3-7-15-11-12/h3-8,11,14H,9-10H2,1-2H3. The summed E-state index contributed by atoms with van der Waals surface area (Å²) in [6, 6.07) is 7.32. The molecule has 0 saturated carbocycles. The Morgan fingerprint density at radius 1 is 1.24 bits per heavy atom. The highest BCUT2D eigenvalue weighted by atomic mass is 32.2. The van der Waals surface area contributed by atoms with Crippen LogP contribution in [-0.4, -0.2) is 47.2 Å². The maximum Gasteiger partial charge on any atom is 0.282 e. The molecule has 0 aromatic carbocycles. The first-order valence-corrected chi connectivity index (χ1v) is 8.16. The van der Waals surface area contributed by atoms with Crippen LogP contribution in [0.4, 0.5) is 0 Å². The summed E-state index contributed by atoms with van der Waals surface area (Å²) in [6.45, 7) is 1.11. The molecule has 2 aromatic heterocycles. The molecular weight excluding hydrogens is 288 g/mol. The van der Waals surface area contributed by atoms with Crippen molar-refractivity contribution in [1.29, 1.82) is 0 Å². The number of rotatable bonds is 3. The van der Waals surface area contributed by atoms with Crippen molar-refractivity contribution in [2.75, 3.05) is 20.6 Å². The Balaban J connectivity index is 2.14. The van der Waals surface area contributed by atoms with E-state index < -0.39 is 10.2 Å². The fourth-order valence-electron chi connectivity index (χ4n) is 2.70. The minimum atomic E-state index is -3.49. The fourth-order valence-corrected chi connectivity index (χ4v) is 3.92. The van der Waals surface area contributed by atoms with Crippen molar-refractivity contribution in [2.24, 2.45) is 0 Å². The van der Waals surface area contributed by atoms with Gasteiger partial charge in [0.05, 0.1) is 6.04 Å². The topological polar surface area (TPSA) is 58.4 Å². The highest BCUT2D eigenvalue weighted by Gasteiger charge is 2.37. The lowest BCUT2D eigenvalue weighted by molar-refractivity contribution is 0.281. The Labute approximate surface area is 124 Å². The van der Waals surface area contributed by atoms with Crippen molar-refractivity contribution in [3.63, 3.8) is 0 Å². The predicted octanol–water partition coefficient (Wildman–Crippen LogP) is 1.09. The largest absolute Gasteiger partial charge is 0.348 e. The highest BCUT2D eigenvalue weighted by Crippen LogP contribution is 2.34. The average Bonchev–Trinajstić information content (AvgIpc) is 2.95. The van der Waals surface area contributed by atoms with Gasteiger partial charge >= 0.3 is 0 Å². The van der Waals surface area contributed by atoms with Gasteiger partial charge in [0.1, 0.15) is 0 Å². The van der Waals surface area contributed by atoms with Gasteiger partial charge in [0.15, 0.2) is 0 Å². The molecule has 1 atom stereocenters. The number of hydrogen-bond donors (Lipinski definition) is 0. The SMILES string of the molecule is CN(C)S(=O)(=O)N1CCn2cccc2C1c1cccnc1. The molecular formula is C14H18N4O2S. The van der Waals surface area contributed by atoms with Crippen LogP contribution in [0.1, 0.15) is 17.3 Å². The van der Waals surface area contributed by atoms with Crippen LogP contribution < -0.4 is 0 Å². The third-order valence-corrected chi connectivity index (χ3v) is 5.66. The fraction of sp³-hybridized carbons (Fsp3) is 0.357. The van der Waals surface area contributed by atoms with Crippen molar-refractivity contribution < 1.29 is 8.42 Å². The summed E-state index contributed by atoms with van der Waals surface area (Å²) < 4.78 is 30.1. The van der Waals surface area contributed by atoms with Gasteiger partial charge in [0, 0.05) is 51.5 Å². The summed E-state index contributed by atoms with van der Waals surface area (Å²) in [5.41, 5.74) is 1.85. The maximum atomic E-state index is 12.6. The molecule has 0 radical (unpaired) electrons. The Bertz CT molecular complexity index is 724. The van der Waals surface area contributed by atoms with E-state index in [0.29, 0.717) is 13.1 Å². The van der Waals surface area contributed by atoms with Gasteiger partial charge in [-0.15, -0.1) is 0 Å². The molecule has 0 amide bonds. The lowest BCUT2D eigenvalue weighted by Gasteiger charge is -2.37. The quantitative estimate of drug-likeness (QED) is 0.853. The van der Waals surface area contributed by atoms with Gasteiger partial charge in [-0.05, 0) is 23.8 Å². The molecule has 1 aliphatic rings. The summed E-state index contributed by atoms with van der Waals surface area (Å²) in [5.74, 6) is 0. The van der Waals surface area contributed by atoms with E-state index in [9.17, 15) is 8.42 Å². The molecule has 7 heteroatoms. The Kier molecular flexibility index (Phi) is 3.56. The zero-order valence-corrected chi connectivity index (χ0v) is 12.9. The molecule has 3 heterocycles. The van der Waals surface area contributed by atoms with Gasteiger partial charge in [-0.1, -0.05) is 6.07 Å². The normalized spacial score (nSPS) is 19.7. The van der Waals surface area contributed by atoms with E-state index in [2.05, 4.69) is 9.55 Å². The number of nitrogens with zero attached hydrogens (tertiary/aromatic N) is 4. The van der Waals surface area contributed by atoms with Gasteiger partial charge in [0.25, 0.3) is 10.2 Å². The molecule has 2 aromatic rings. The van der Waals surface area contributed by atoms with Gasteiger partial charge in [-0.3, -0.25) is 4.98 Å². The average molecular weight is 306 g/mol. The molecule has 3 rings (SSSR count). The van der Waals surface area contributed by atoms with Gasteiger partial charge < -0.3 is 4.57 Å². The molecule has 1 unspecified atom stereocenters. The van der Waals surface area contributed by atoms with E-state index in [4.69, 9.17) is 0 Å². The minimum Gasteiger partial charge on any atom is -0.348 e. The predicted molar refractivity (Wildman–Crippen MR) is 79.8 cm³/mol. The van der Waals surface area contributed by atoms with Crippen molar-refractivity contribution in [1.82, 2.24) is 18.2 Å². The minimum absolute atomic E-state index is 0.338. The lowest BCUT2D eigenvalue weighted by atomic mass is 10.0. The van der Waals surface area contributed by atoms with E-state index in [0.717, 1.165) is 11.3 Å². The van der Waals surface area contributed by atoms with Gasteiger partial charge in [0.2, 0.25) is 0 Å². The van der Waals surface area contributed by atoms with Crippen LogP contribution in [-0.2, 0) is 16.8 Å². The first-order valence-electron chi connectivity index (χ1n) is 6.76. The van der Waals surface area contributed by atoms with Crippen molar-refractivity contribution >= 4 is 10.2 Å². The van der Waals surface area contributed by atoms with Crippen LogP contribution in [0.15, 0.2) is 42.9 Å². The van der Waals surface area contributed by atoms with E-state index in [1.807, 2.05) is 30.5 Å². The molecule has 0 N–H and O–H groups in total. The second-order valence-electron chi connectivity index (χ2n) is 5.22. The Morgan fingerprint density at radius 2 is 2.05 bits per heavy atom. The first-order chi connectivity index (χ1) is 10.0. The van der Waals surface area contributed by atoms with Crippen molar-refractivity contribution in [3.8, 4) is 0 Å². The molecule has 0 fully saturated rings. The second kappa shape index (κ2) is 5.25. The van der Waals surface area contributed by atoms with Crippen molar-refractivity contribution in [3.05, 3.63) is 54.1 Å². The number of aromatic nitrogens is 2. The number of pyridine rings is 1. The van der Waals surface area contributed by atoms with E-state index in [-0.39, 0.29) is 6.04 Å². The first kappa shape index (κ1) is 14.2. The zero-order chi connectivity index (χ0) is 15.0. The van der Waals surface area contributed by atoms with Crippen LogP contribution in [0, 0.1) is 0 Å². The molecule has 0 bridgehead atoms. The zero-order valence-electron chi connectivity index (χ0n) is 12.0. The number of fused-ring (bicyclic) bond motifs is 1. The summed E-state index contributed by atoms with van der Waals surface area (Å²) >= 11 is 0. The molecule has 0 saturated heterocycles. The van der Waals surface area contributed by atoms with E-state index in [1.54, 1.807) is 30.8 Å². The van der Waals surface area contributed by atoms with E-state index in [1.165, 1.54) is 4.31 Å². The summed E-state index contributed by atoms with van der Waals surface area (Å²) in [7, 11) is -0.375. The van der Waals surface area contributed by atoms with Crippen LogP contribution in [0.3, 0.4) is 0 Å². The van der Waals surface area contributed by atoms with Crippen molar-refractivity contribution in [2.45, 2.75) is 12.6 Å². The molecule has 0 aliphatic carbocycles. The molecule has 0 spiro atoms. The summed E-state index contributed by atoms with van der Waals surface area (Å²) in [6.07, 6.45) is 5.40. The van der Waals surface area contributed by atoms with Gasteiger partial charge in [-0.25, -0.2) is 0 Å². The van der Waals surface area contributed by atoms with E-state index >= 15 is 0 Å². The molecule has 112 valence electrons. The summed E-state index contributed by atoms with van der Waals surface area (Å²) in [4.78, 5) is 4.13. The Hall–Kier alpha value is -1.70. The van der Waals surface area contributed by atoms with Crippen LogP contribution in [0.5, 0.6) is 0 Å². The van der Waals surface area contributed by atoms with Crippen LogP contribution in [0.2, 0.25) is 0 Å². The van der Waals surface area contributed by atoms with Gasteiger partial charge in [-0.2, -0.15) is 17.0 Å². The second-order valence-corrected chi connectivity index (χ2v) is 7.31. The van der Waals surface area contributed by atoms with Crippen LogP contribution in [0.25, 0.3) is 0 Å². The third kappa shape index (κ3) is 2.37. The monoisotopic (exact) mass is 306 g/mol. The molecule has 1 aliphatic heterocycles. The lowest BCUT2D eigenvalue weighted by Crippen LogP contribution is -2.47. The Morgan fingerprint density at radius 3 is 2.71 bits per heavy atom. The maximum absolute atomic E-state index is 12.6. The summed E-state index contributed by atoms with van der Waals surface area (Å²) in [5, 5.41) is 0. The third-order valence-electron chi connectivity index (χ3n) is 3.75. The van der Waals surface area contributed by atoms with Crippen LogP contribution >= 0.6 is 0 Å².